The first-order valence-corrected chi connectivity index (χ1v) is 10.1. The van der Waals surface area contributed by atoms with Crippen LogP contribution in [-0.2, 0) is 10.0 Å². The second kappa shape index (κ2) is 7.20. The summed E-state index contributed by atoms with van der Waals surface area (Å²) in [6.45, 7) is 0. The molecule has 2 heterocycles. The maximum absolute atomic E-state index is 12.6. The van der Waals surface area contributed by atoms with E-state index in [1.165, 1.54) is 24.3 Å². The summed E-state index contributed by atoms with van der Waals surface area (Å²) in [4.78, 5) is 19.4. The number of aromatic amines is 2. The number of nitrogens with zero attached hydrogens (tertiary/aromatic N) is 2. The largest absolute Gasteiger partial charge is 0.340 e. The van der Waals surface area contributed by atoms with Gasteiger partial charge in [-0.1, -0.05) is 17.7 Å². The lowest BCUT2D eigenvalue weighted by Crippen LogP contribution is -2.13. The molecule has 6 N–H and O–H groups in total. The van der Waals surface area contributed by atoms with E-state index in [1.807, 2.05) is 0 Å². The van der Waals surface area contributed by atoms with Gasteiger partial charge in [0.15, 0.2) is 5.65 Å². The van der Waals surface area contributed by atoms with Crippen LogP contribution in [0.5, 0.6) is 0 Å². The molecule has 12 heteroatoms. The van der Waals surface area contributed by atoms with Gasteiger partial charge in [-0.05, 0) is 42.5 Å². The normalized spacial score (nSPS) is 11.5. The third kappa shape index (κ3) is 4.06. The summed E-state index contributed by atoms with van der Waals surface area (Å²) in [5, 5.41) is 18.6. The molecule has 0 fully saturated rings. The van der Waals surface area contributed by atoms with Crippen LogP contribution >= 0.6 is 11.6 Å². The molecule has 0 atom stereocenters. The van der Waals surface area contributed by atoms with Crippen molar-refractivity contribution in [1.29, 1.82) is 0 Å². The molecule has 4 rings (SSSR count). The number of H-pyrrole nitrogens is 2. The number of sulfonamides is 1. The predicted molar refractivity (Wildman–Crippen MR) is 110 cm³/mol. The zero-order valence-electron chi connectivity index (χ0n) is 14.6. The summed E-state index contributed by atoms with van der Waals surface area (Å²) >= 11 is 5.97. The van der Waals surface area contributed by atoms with Crippen molar-refractivity contribution in [2.75, 3.05) is 10.6 Å². The van der Waals surface area contributed by atoms with Crippen molar-refractivity contribution < 1.29 is 8.42 Å². The van der Waals surface area contributed by atoms with Crippen molar-refractivity contribution in [2.24, 2.45) is 5.14 Å². The standard InChI is InChI=1S/C17H14ClN7O3S/c18-9-2-1-3-11(8-9)20-14-13-15(25-24-14)22-17(23-16(13)26)21-10-4-6-12(7-5-10)29(19,27)28/h1-8H,(H2,19,27,28)(H4,20,21,22,23,24,25,26). The minimum Gasteiger partial charge on any atom is -0.340 e. The van der Waals surface area contributed by atoms with Crippen LogP contribution in [0.3, 0.4) is 0 Å². The molecule has 10 nitrogen and oxygen atoms in total. The number of benzene rings is 2. The van der Waals surface area contributed by atoms with E-state index in [1.54, 1.807) is 24.3 Å². The molecule has 0 aliphatic rings. The van der Waals surface area contributed by atoms with Gasteiger partial charge >= 0.3 is 0 Å². The van der Waals surface area contributed by atoms with Crippen LogP contribution in [0.25, 0.3) is 11.0 Å². The number of nitrogens with two attached hydrogens (primary N) is 1. The summed E-state index contributed by atoms with van der Waals surface area (Å²) < 4.78 is 22.6. The maximum Gasteiger partial charge on any atom is 0.265 e. The molecule has 0 saturated carbocycles. The van der Waals surface area contributed by atoms with Gasteiger partial charge in [-0.3, -0.25) is 14.9 Å². The molecule has 2 aromatic carbocycles. The van der Waals surface area contributed by atoms with Crippen molar-refractivity contribution in [3.63, 3.8) is 0 Å². The van der Waals surface area contributed by atoms with Gasteiger partial charge in [0.05, 0.1) is 4.90 Å². The fraction of sp³-hybridized carbons (Fsp3) is 0. The number of rotatable bonds is 5. The zero-order valence-corrected chi connectivity index (χ0v) is 16.2. The Morgan fingerprint density at radius 3 is 2.48 bits per heavy atom. The first-order chi connectivity index (χ1) is 13.8. The fourth-order valence-corrected chi connectivity index (χ4v) is 3.36. The van der Waals surface area contributed by atoms with Crippen molar-refractivity contribution in [2.45, 2.75) is 4.90 Å². The van der Waals surface area contributed by atoms with Gasteiger partial charge < -0.3 is 10.6 Å². The van der Waals surface area contributed by atoms with E-state index >= 15 is 0 Å². The van der Waals surface area contributed by atoms with Gasteiger partial charge in [0, 0.05) is 16.4 Å². The molecule has 0 amide bonds. The second-order valence-electron chi connectivity index (χ2n) is 6.04. The Hall–Kier alpha value is -3.41. The number of anilines is 4. The number of hydrogen-bond acceptors (Lipinski definition) is 7. The SMILES string of the molecule is NS(=O)(=O)c1ccc(Nc2nc3n[nH]c(Nc4cccc(Cl)c4)c3c(=O)[nH]2)cc1. The Kier molecular flexibility index (Phi) is 4.70. The quantitative estimate of drug-likeness (QED) is 0.324. The summed E-state index contributed by atoms with van der Waals surface area (Å²) in [5.41, 5.74) is 0.964. The number of hydrogen-bond donors (Lipinski definition) is 5. The zero-order chi connectivity index (χ0) is 20.6. The number of aromatic nitrogens is 4. The summed E-state index contributed by atoms with van der Waals surface area (Å²) in [5.74, 6) is 0.520. The lowest BCUT2D eigenvalue weighted by Gasteiger charge is -2.06. The van der Waals surface area contributed by atoms with Crippen LogP contribution < -0.4 is 21.3 Å². The highest BCUT2D eigenvalue weighted by atomic mass is 35.5. The first-order valence-electron chi connectivity index (χ1n) is 8.20. The first kappa shape index (κ1) is 18.9. The molecule has 0 aliphatic carbocycles. The Morgan fingerprint density at radius 2 is 1.79 bits per heavy atom. The molecule has 0 aliphatic heterocycles. The predicted octanol–water partition coefficient (Wildman–Crippen LogP) is 2.43. The molecule has 0 radical (unpaired) electrons. The van der Waals surface area contributed by atoms with Crippen molar-refractivity contribution in [3.05, 3.63) is 63.9 Å². The highest BCUT2D eigenvalue weighted by Crippen LogP contribution is 2.23. The summed E-state index contributed by atoms with van der Waals surface area (Å²) in [6.07, 6.45) is 0. The lowest BCUT2D eigenvalue weighted by atomic mass is 10.3. The van der Waals surface area contributed by atoms with Crippen molar-refractivity contribution >= 4 is 55.8 Å². The van der Waals surface area contributed by atoms with Gasteiger partial charge in [0.2, 0.25) is 16.0 Å². The molecular weight excluding hydrogens is 418 g/mol. The monoisotopic (exact) mass is 431 g/mol. The van der Waals surface area contributed by atoms with Crippen molar-refractivity contribution in [1.82, 2.24) is 20.2 Å². The highest BCUT2D eigenvalue weighted by Gasteiger charge is 2.13. The van der Waals surface area contributed by atoms with Crippen LogP contribution in [0.15, 0.2) is 58.2 Å². The Bertz CT molecular complexity index is 1360. The molecule has 148 valence electrons. The molecule has 2 aromatic heterocycles. The number of primary sulfonamides is 1. The third-order valence-corrected chi connectivity index (χ3v) is 5.13. The Morgan fingerprint density at radius 1 is 1.03 bits per heavy atom. The van der Waals surface area contributed by atoms with Crippen LogP contribution in [-0.4, -0.2) is 28.6 Å². The fourth-order valence-electron chi connectivity index (χ4n) is 2.66. The highest BCUT2D eigenvalue weighted by molar-refractivity contribution is 7.89. The number of fused-ring (bicyclic) bond motifs is 1. The topological polar surface area (TPSA) is 159 Å². The minimum absolute atomic E-state index is 0.0241. The van der Waals surface area contributed by atoms with E-state index in [-0.39, 0.29) is 21.9 Å². The van der Waals surface area contributed by atoms with Gasteiger partial charge in [-0.2, -0.15) is 10.1 Å². The van der Waals surface area contributed by atoms with Crippen LogP contribution in [0.4, 0.5) is 23.1 Å². The third-order valence-electron chi connectivity index (χ3n) is 3.96. The average Bonchev–Trinajstić information content (AvgIpc) is 3.04. The van der Waals surface area contributed by atoms with Gasteiger partial charge in [-0.15, -0.1) is 0 Å². The minimum atomic E-state index is -3.78. The molecule has 0 unspecified atom stereocenters. The molecule has 0 spiro atoms. The van der Waals surface area contributed by atoms with Crippen LogP contribution in [0.2, 0.25) is 5.02 Å². The lowest BCUT2D eigenvalue weighted by molar-refractivity contribution is 0.598. The van der Waals surface area contributed by atoms with Gasteiger partial charge in [0.1, 0.15) is 11.2 Å². The molecule has 0 saturated heterocycles. The summed E-state index contributed by atoms with van der Waals surface area (Å²) in [7, 11) is -3.78. The number of nitrogens with one attached hydrogen (secondary N) is 4. The van der Waals surface area contributed by atoms with E-state index in [4.69, 9.17) is 16.7 Å². The van der Waals surface area contributed by atoms with Crippen LogP contribution in [0, 0.1) is 0 Å². The molecule has 29 heavy (non-hydrogen) atoms. The molecular formula is C17H14ClN7O3S. The van der Waals surface area contributed by atoms with Crippen molar-refractivity contribution in [3.8, 4) is 0 Å². The summed E-state index contributed by atoms with van der Waals surface area (Å²) in [6, 6.07) is 12.7. The van der Waals surface area contributed by atoms with E-state index in [9.17, 15) is 13.2 Å². The maximum atomic E-state index is 12.6. The average molecular weight is 432 g/mol. The van der Waals surface area contributed by atoms with Gasteiger partial charge in [-0.25, -0.2) is 13.6 Å². The second-order valence-corrected chi connectivity index (χ2v) is 8.04. The smallest absolute Gasteiger partial charge is 0.265 e. The van der Waals surface area contributed by atoms with E-state index < -0.39 is 15.6 Å². The number of halogens is 1. The van der Waals surface area contributed by atoms with E-state index in [0.717, 1.165) is 0 Å². The molecule has 4 aromatic rings. The van der Waals surface area contributed by atoms with E-state index in [2.05, 4.69) is 30.8 Å². The van der Waals surface area contributed by atoms with Crippen LogP contribution in [0.1, 0.15) is 0 Å². The Balaban J connectivity index is 1.62. The van der Waals surface area contributed by atoms with E-state index in [0.29, 0.717) is 22.2 Å². The van der Waals surface area contributed by atoms with Gasteiger partial charge in [0.25, 0.3) is 5.56 Å². The Labute approximate surface area is 169 Å². The molecule has 0 bridgehead atoms.